The number of rotatable bonds is 8. The van der Waals surface area contributed by atoms with Crippen LogP contribution in [0.2, 0.25) is 0 Å². The Bertz CT molecular complexity index is 1240. The molecule has 2 fully saturated rings. The minimum absolute atomic E-state index is 0.110. The first-order chi connectivity index (χ1) is 17.6. The molecule has 1 spiro atoms. The second-order valence-corrected chi connectivity index (χ2v) is 10.4. The summed E-state index contributed by atoms with van der Waals surface area (Å²) in [7, 11) is 1.65. The van der Waals surface area contributed by atoms with E-state index >= 15 is 0 Å². The van der Waals surface area contributed by atoms with Crippen LogP contribution in [-0.2, 0) is 4.79 Å². The van der Waals surface area contributed by atoms with Crippen molar-refractivity contribution in [3.8, 4) is 17.2 Å². The number of carbonyl (C=O) groups excluding carboxylic acids is 2. The monoisotopic (exact) mass is 510 g/mol. The predicted octanol–water partition coefficient (Wildman–Crippen LogP) is 2.71. The molecule has 1 aromatic carbocycles. The number of hydrogen-bond donors (Lipinski definition) is 3. The van der Waals surface area contributed by atoms with Gasteiger partial charge in [0.25, 0.3) is 5.91 Å². The van der Waals surface area contributed by atoms with Gasteiger partial charge in [0.2, 0.25) is 6.41 Å². The van der Waals surface area contributed by atoms with E-state index in [4.69, 9.17) is 19.0 Å². The number of methoxy groups -OCH3 is 1. The summed E-state index contributed by atoms with van der Waals surface area (Å²) in [6.07, 6.45) is 7.69. The molecule has 2 aromatic heterocycles. The molecular formula is C27H34N4O6. The lowest BCUT2D eigenvalue weighted by atomic mass is 9.53. The molecule has 2 aliphatic carbocycles. The highest BCUT2D eigenvalue weighted by Crippen LogP contribution is 2.57. The Kier molecular flexibility index (Phi) is 7.58. The number of benzene rings is 1. The zero-order valence-electron chi connectivity index (χ0n) is 21.3. The van der Waals surface area contributed by atoms with Crippen molar-refractivity contribution in [1.29, 1.82) is 0 Å². The second kappa shape index (κ2) is 10.7. The second-order valence-electron chi connectivity index (χ2n) is 10.4. The van der Waals surface area contributed by atoms with Crippen LogP contribution in [0.4, 0.5) is 0 Å². The van der Waals surface area contributed by atoms with E-state index in [0.29, 0.717) is 11.3 Å². The Hall–Kier alpha value is -3.79. The van der Waals surface area contributed by atoms with Gasteiger partial charge in [-0.25, -0.2) is 4.52 Å². The average Bonchev–Trinajstić information content (AvgIpc) is 3.24. The van der Waals surface area contributed by atoms with E-state index in [2.05, 4.69) is 16.1 Å². The van der Waals surface area contributed by atoms with E-state index in [9.17, 15) is 9.90 Å². The van der Waals surface area contributed by atoms with Gasteiger partial charge in [-0.1, -0.05) is 12.1 Å². The fraction of sp³-hybridized carbons (Fsp3) is 0.444. The largest absolute Gasteiger partial charge is 0.493 e. The molecule has 2 aliphatic rings. The molecule has 2 heterocycles. The van der Waals surface area contributed by atoms with Crippen LogP contribution < -0.4 is 25.3 Å². The third-order valence-corrected chi connectivity index (χ3v) is 6.70. The summed E-state index contributed by atoms with van der Waals surface area (Å²) in [6, 6.07) is 11.5. The van der Waals surface area contributed by atoms with Crippen molar-refractivity contribution >= 4 is 17.8 Å². The molecule has 2 amide bonds. The summed E-state index contributed by atoms with van der Waals surface area (Å²) >= 11 is 0. The fourth-order valence-electron chi connectivity index (χ4n) is 5.05. The summed E-state index contributed by atoms with van der Waals surface area (Å²) in [4.78, 5) is 21.5. The first-order valence-electron chi connectivity index (χ1n) is 12.2. The number of ether oxygens (including phenoxy) is 3. The van der Waals surface area contributed by atoms with Crippen LogP contribution >= 0.6 is 0 Å². The number of amides is 2. The van der Waals surface area contributed by atoms with Crippen molar-refractivity contribution in [1.82, 2.24) is 14.9 Å². The Morgan fingerprint density at radius 2 is 1.89 bits per heavy atom. The van der Waals surface area contributed by atoms with E-state index in [1.807, 2.05) is 30.3 Å². The third kappa shape index (κ3) is 6.14. The number of nitrogens with one attached hydrogen (secondary N) is 1. The minimum Gasteiger partial charge on any atom is -0.493 e. The van der Waals surface area contributed by atoms with Gasteiger partial charge in [0.15, 0.2) is 11.5 Å². The molecule has 0 atom stereocenters. The van der Waals surface area contributed by atoms with E-state index < -0.39 is 5.60 Å². The van der Waals surface area contributed by atoms with E-state index in [1.54, 1.807) is 43.9 Å². The Balaban J connectivity index is 0.00000102. The lowest BCUT2D eigenvalue weighted by Gasteiger charge is -2.57. The number of primary amides is 1. The Morgan fingerprint density at radius 3 is 2.54 bits per heavy atom. The summed E-state index contributed by atoms with van der Waals surface area (Å²) in [5.74, 6) is 2.02. The van der Waals surface area contributed by atoms with Crippen molar-refractivity contribution in [3.63, 3.8) is 0 Å². The van der Waals surface area contributed by atoms with Crippen LogP contribution in [0.3, 0.4) is 0 Å². The standard InChI is InChI=1S/C26H31N3O5.CH3NO/c1-25(2,31)16-33-18-8-9-21-20(14-27-29(21)15-18)24(30)28-17-10-26(11-17)12-19(13-26)34-23-7-5-4-6-22(23)32-3;2-1-3/h4-9,14-15,17,19,31H,10-13,16H2,1-3H3,(H,28,30);1H,(H2,2,3). The van der Waals surface area contributed by atoms with Gasteiger partial charge in [0.1, 0.15) is 12.4 Å². The predicted molar refractivity (Wildman–Crippen MR) is 137 cm³/mol. The van der Waals surface area contributed by atoms with E-state index in [0.717, 1.165) is 42.7 Å². The number of carbonyl (C=O) groups is 2. The third-order valence-electron chi connectivity index (χ3n) is 6.70. The van der Waals surface area contributed by atoms with Crippen molar-refractivity contribution in [2.24, 2.45) is 11.1 Å². The zero-order valence-corrected chi connectivity index (χ0v) is 21.3. The number of aromatic nitrogens is 2. The molecule has 37 heavy (non-hydrogen) atoms. The highest BCUT2D eigenvalue weighted by Gasteiger charge is 2.54. The van der Waals surface area contributed by atoms with Crippen LogP contribution in [0.15, 0.2) is 48.8 Å². The van der Waals surface area contributed by atoms with Crippen molar-refractivity contribution in [3.05, 3.63) is 54.4 Å². The normalized spacial score (nSPS) is 22.2. The summed E-state index contributed by atoms with van der Waals surface area (Å²) in [6.45, 7) is 3.54. The summed E-state index contributed by atoms with van der Waals surface area (Å²) in [5, 5.41) is 17.3. The van der Waals surface area contributed by atoms with Crippen molar-refractivity contribution in [2.45, 2.75) is 57.3 Å². The van der Waals surface area contributed by atoms with Gasteiger partial charge in [-0.2, -0.15) is 5.10 Å². The van der Waals surface area contributed by atoms with Crippen LogP contribution in [0, 0.1) is 5.41 Å². The van der Waals surface area contributed by atoms with Crippen molar-refractivity contribution < 1.29 is 28.9 Å². The van der Waals surface area contributed by atoms with Gasteiger partial charge in [0, 0.05) is 6.04 Å². The molecule has 0 unspecified atom stereocenters. The molecule has 0 aliphatic heterocycles. The van der Waals surface area contributed by atoms with Gasteiger partial charge in [-0.15, -0.1) is 0 Å². The highest BCUT2D eigenvalue weighted by atomic mass is 16.5. The number of hydrogen-bond acceptors (Lipinski definition) is 7. The lowest BCUT2D eigenvalue weighted by molar-refractivity contribution is -0.106. The number of aliphatic hydroxyl groups is 1. The number of nitrogens with zero attached hydrogens (tertiary/aromatic N) is 2. The van der Waals surface area contributed by atoms with Crippen LogP contribution in [-0.4, -0.2) is 58.5 Å². The molecule has 3 aromatic rings. The molecule has 5 rings (SSSR count). The number of para-hydroxylation sites is 2. The molecule has 10 heteroatoms. The minimum atomic E-state index is -0.925. The molecule has 0 radical (unpaired) electrons. The van der Waals surface area contributed by atoms with Gasteiger partial charge < -0.3 is 30.4 Å². The summed E-state index contributed by atoms with van der Waals surface area (Å²) < 4.78 is 18.7. The zero-order chi connectivity index (χ0) is 26.6. The van der Waals surface area contributed by atoms with E-state index in [-0.39, 0.29) is 36.5 Å². The SMILES string of the molecule is COc1ccccc1OC1CC2(CC(NC(=O)c3cnn4cc(OCC(C)(C)O)ccc34)C2)C1.NC=O. The first-order valence-corrected chi connectivity index (χ1v) is 12.2. The average molecular weight is 511 g/mol. The maximum atomic E-state index is 12.9. The lowest BCUT2D eigenvalue weighted by Crippen LogP contribution is -2.58. The molecule has 2 saturated carbocycles. The van der Waals surface area contributed by atoms with Crippen molar-refractivity contribution in [2.75, 3.05) is 13.7 Å². The Morgan fingerprint density at radius 1 is 1.22 bits per heavy atom. The topological polar surface area (TPSA) is 137 Å². The molecule has 198 valence electrons. The van der Waals surface area contributed by atoms with Crippen LogP contribution in [0.5, 0.6) is 17.2 Å². The van der Waals surface area contributed by atoms with Gasteiger partial charge in [-0.3, -0.25) is 9.59 Å². The molecule has 4 N–H and O–H groups in total. The number of fused-ring (bicyclic) bond motifs is 1. The Labute approximate surface area is 215 Å². The molecule has 0 saturated heterocycles. The van der Waals surface area contributed by atoms with Gasteiger partial charge in [-0.05, 0) is 69.2 Å². The quantitative estimate of drug-likeness (QED) is 0.396. The number of pyridine rings is 1. The molecule has 0 bridgehead atoms. The first kappa shape index (κ1) is 26.3. The van der Waals surface area contributed by atoms with Gasteiger partial charge in [0.05, 0.1) is 42.3 Å². The maximum absolute atomic E-state index is 12.9. The van der Waals surface area contributed by atoms with Gasteiger partial charge >= 0.3 is 0 Å². The molecule has 10 nitrogen and oxygen atoms in total. The van der Waals surface area contributed by atoms with Crippen LogP contribution in [0.1, 0.15) is 49.9 Å². The highest BCUT2D eigenvalue weighted by molar-refractivity contribution is 6.00. The smallest absolute Gasteiger partial charge is 0.255 e. The molecular weight excluding hydrogens is 476 g/mol. The van der Waals surface area contributed by atoms with E-state index in [1.165, 1.54) is 0 Å². The maximum Gasteiger partial charge on any atom is 0.255 e. The fourth-order valence-corrected chi connectivity index (χ4v) is 5.05. The number of nitrogens with two attached hydrogens (primary N) is 1. The van der Waals surface area contributed by atoms with Crippen LogP contribution in [0.25, 0.3) is 5.52 Å². The summed E-state index contributed by atoms with van der Waals surface area (Å²) in [5.41, 5.74) is 4.78.